The van der Waals surface area contributed by atoms with Gasteiger partial charge in [-0.25, -0.2) is 0 Å². The molecule has 4 saturated carbocycles. The third kappa shape index (κ3) is 3.46. The molecule has 0 spiro atoms. The molecule has 0 radical (unpaired) electrons. The van der Waals surface area contributed by atoms with Gasteiger partial charge in [-0.05, 0) is 105 Å². The lowest BCUT2D eigenvalue weighted by Gasteiger charge is -2.56. The van der Waals surface area contributed by atoms with Crippen LogP contribution in [0, 0.1) is 23.2 Å². The highest BCUT2D eigenvalue weighted by atomic mass is 32.2. The zero-order valence-electron chi connectivity index (χ0n) is 17.9. The molecule has 7 rings (SSSR count). The van der Waals surface area contributed by atoms with Gasteiger partial charge in [0.05, 0.1) is 10.9 Å². The minimum atomic E-state index is -0.158. The molecule has 0 amide bonds. The van der Waals surface area contributed by atoms with Crippen molar-refractivity contribution in [3.8, 4) is 0 Å². The molecule has 3 aromatic rings. The molecule has 3 aromatic carbocycles. The van der Waals surface area contributed by atoms with E-state index in [9.17, 15) is 4.79 Å². The standard InChI is InChI=1S/C29H29OS/c30-28(29-18-21-15-22(19-29)17-23(16-21)20-29)24-11-13-27(14-12-24)31(25-7-3-1-4-8-25)26-9-5-2-6-10-26/h1-14,21-23H,15-20H2/q+1. The summed E-state index contributed by atoms with van der Waals surface area (Å²) in [7, 11) is -0.158. The molecule has 31 heavy (non-hydrogen) atoms. The Kier molecular flexibility index (Phi) is 4.79. The normalized spacial score (nSPS) is 28.7. The van der Waals surface area contributed by atoms with Crippen molar-refractivity contribution in [2.24, 2.45) is 23.2 Å². The largest absolute Gasteiger partial charge is 0.294 e. The van der Waals surface area contributed by atoms with Gasteiger partial charge in [0, 0.05) is 11.0 Å². The fraction of sp³-hybridized carbons (Fsp3) is 0.345. The van der Waals surface area contributed by atoms with Gasteiger partial charge < -0.3 is 0 Å². The number of hydrogen-bond donors (Lipinski definition) is 0. The topological polar surface area (TPSA) is 17.1 Å². The Balaban J connectivity index is 1.32. The third-order valence-electron chi connectivity index (χ3n) is 7.83. The molecule has 4 aliphatic rings. The summed E-state index contributed by atoms with van der Waals surface area (Å²) < 4.78 is 0. The lowest BCUT2D eigenvalue weighted by atomic mass is 9.48. The van der Waals surface area contributed by atoms with E-state index < -0.39 is 0 Å². The van der Waals surface area contributed by atoms with Crippen molar-refractivity contribution >= 4 is 16.7 Å². The Bertz CT molecular complexity index is 996. The maximum atomic E-state index is 13.7. The van der Waals surface area contributed by atoms with E-state index in [0.29, 0.717) is 5.78 Å². The first-order valence-electron chi connectivity index (χ1n) is 11.7. The van der Waals surface area contributed by atoms with Crippen LogP contribution in [0.2, 0.25) is 0 Å². The second-order valence-corrected chi connectivity index (χ2v) is 12.0. The molecule has 0 unspecified atom stereocenters. The zero-order chi connectivity index (χ0) is 20.8. The van der Waals surface area contributed by atoms with E-state index >= 15 is 0 Å². The Labute approximate surface area is 188 Å². The van der Waals surface area contributed by atoms with Crippen LogP contribution in [0.25, 0.3) is 0 Å². The zero-order valence-corrected chi connectivity index (χ0v) is 18.7. The summed E-state index contributed by atoms with van der Waals surface area (Å²) in [5, 5.41) is 0. The van der Waals surface area contributed by atoms with Crippen LogP contribution >= 0.6 is 0 Å². The first-order chi connectivity index (χ1) is 15.2. The molecule has 156 valence electrons. The number of carbonyl (C=O) groups is 1. The average molecular weight is 426 g/mol. The summed E-state index contributed by atoms with van der Waals surface area (Å²) in [6, 6.07) is 30.1. The molecule has 0 aliphatic heterocycles. The third-order valence-corrected chi connectivity index (χ3v) is 10.1. The van der Waals surface area contributed by atoms with E-state index in [1.165, 1.54) is 33.9 Å². The van der Waals surface area contributed by atoms with Gasteiger partial charge in [-0.15, -0.1) is 0 Å². The number of benzene rings is 3. The fourth-order valence-electron chi connectivity index (χ4n) is 6.96. The number of ketones is 1. The van der Waals surface area contributed by atoms with Gasteiger partial charge in [0.1, 0.15) is 0 Å². The van der Waals surface area contributed by atoms with Gasteiger partial charge in [-0.2, -0.15) is 0 Å². The number of hydrogen-bond acceptors (Lipinski definition) is 1. The molecular formula is C29H29OS+. The monoisotopic (exact) mass is 425 g/mol. The molecule has 0 heterocycles. The lowest BCUT2D eigenvalue weighted by Crippen LogP contribution is -2.50. The Morgan fingerprint density at radius 2 is 1.03 bits per heavy atom. The minimum absolute atomic E-state index is 0.0587. The molecule has 2 heteroatoms. The van der Waals surface area contributed by atoms with Crippen molar-refractivity contribution in [2.45, 2.75) is 53.2 Å². The van der Waals surface area contributed by atoms with E-state index in [1.54, 1.807) is 0 Å². The maximum absolute atomic E-state index is 13.7. The summed E-state index contributed by atoms with van der Waals surface area (Å²) in [6.45, 7) is 0. The SMILES string of the molecule is O=C(c1ccc([S+](c2ccccc2)c2ccccc2)cc1)C12CC3CC(CC(C3)C1)C2. The maximum Gasteiger partial charge on any atom is 0.169 e. The minimum Gasteiger partial charge on any atom is -0.294 e. The van der Waals surface area contributed by atoms with Crippen LogP contribution in [0.15, 0.2) is 99.6 Å². The molecule has 4 bridgehead atoms. The first-order valence-corrected chi connectivity index (χ1v) is 12.9. The van der Waals surface area contributed by atoms with E-state index in [2.05, 4.69) is 84.9 Å². The summed E-state index contributed by atoms with van der Waals surface area (Å²) >= 11 is 0. The van der Waals surface area contributed by atoms with Gasteiger partial charge in [-0.3, -0.25) is 4.79 Å². The summed E-state index contributed by atoms with van der Waals surface area (Å²) in [6.07, 6.45) is 7.54. The smallest absolute Gasteiger partial charge is 0.169 e. The van der Waals surface area contributed by atoms with Gasteiger partial charge in [0.2, 0.25) is 0 Å². The second kappa shape index (κ2) is 7.67. The molecule has 0 atom stereocenters. The van der Waals surface area contributed by atoms with Crippen LogP contribution in [0.4, 0.5) is 0 Å². The molecule has 1 nitrogen and oxygen atoms in total. The molecule has 0 N–H and O–H groups in total. The Morgan fingerprint density at radius 1 is 0.613 bits per heavy atom. The molecule has 4 aliphatic carbocycles. The van der Waals surface area contributed by atoms with E-state index in [0.717, 1.165) is 42.6 Å². The van der Waals surface area contributed by atoms with E-state index in [4.69, 9.17) is 0 Å². The van der Waals surface area contributed by atoms with Crippen LogP contribution < -0.4 is 0 Å². The van der Waals surface area contributed by atoms with Gasteiger partial charge in [0.25, 0.3) is 0 Å². The highest BCUT2D eigenvalue weighted by molar-refractivity contribution is 7.97. The summed E-state index contributed by atoms with van der Waals surface area (Å²) in [5.41, 5.74) is 0.868. The number of rotatable bonds is 5. The Hall–Kier alpha value is -2.32. The fourth-order valence-corrected chi connectivity index (χ4v) is 9.04. The van der Waals surface area contributed by atoms with Crippen LogP contribution in [-0.2, 0) is 10.9 Å². The predicted octanol–water partition coefficient (Wildman–Crippen LogP) is 7.18. The molecule has 0 aromatic heterocycles. The van der Waals surface area contributed by atoms with Crippen LogP contribution in [0.1, 0.15) is 48.9 Å². The highest BCUT2D eigenvalue weighted by Gasteiger charge is 2.54. The van der Waals surface area contributed by atoms with Crippen molar-refractivity contribution in [1.29, 1.82) is 0 Å². The van der Waals surface area contributed by atoms with Crippen LogP contribution in [0.3, 0.4) is 0 Å². The molecule has 0 saturated heterocycles. The van der Waals surface area contributed by atoms with Crippen molar-refractivity contribution in [2.75, 3.05) is 0 Å². The van der Waals surface area contributed by atoms with E-state index in [-0.39, 0.29) is 16.3 Å². The summed E-state index contributed by atoms with van der Waals surface area (Å²) in [5.74, 6) is 2.84. The van der Waals surface area contributed by atoms with E-state index in [1.807, 2.05) is 0 Å². The number of Topliss-reactive ketones (excluding diaryl/α,β-unsaturated/α-hetero) is 1. The predicted molar refractivity (Wildman–Crippen MR) is 126 cm³/mol. The van der Waals surface area contributed by atoms with Crippen molar-refractivity contribution in [3.05, 3.63) is 90.5 Å². The van der Waals surface area contributed by atoms with Gasteiger partial charge in [0.15, 0.2) is 20.5 Å². The van der Waals surface area contributed by atoms with Crippen molar-refractivity contribution in [3.63, 3.8) is 0 Å². The lowest BCUT2D eigenvalue weighted by molar-refractivity contribution is -0.0353. The van der Waals surface area contributed by atoms with Gasteiger partial charge in [-0.1, -0.05) is 36.4 Å². The van der Waals surface area contributed by atoms with Crippen molar-refractivity contribution < 1.29 is 4.79 Å². The van der Waals surface area contributed by atoms with Crippen LogP contribution in [-0.4, -0.2) is 5.78 Å². The first kappa shape index (κ1) is 19.4. The number of carbonyl (C=O) groups excluding carboxylic acids is 1. The molecule has 4 fully saturated rings. The second-order valence-electron chi connectivity index (χ2n) is 9.98. The average Bonchev–Trinajstić information content (AvgIpc) is 2.80. The molecular weight excluding hydrogens is 396 g/mol. The Morgan fingerprint density at radius 3 is 1.48 bits per heavy atom. The van der Waals surface area contributed by atoms with Crippen molar-refractivity contribution in [1.82, 2.24) is 0 Å². The van der Waals surface area contributed by atoms with Crippen LogP contribution in [0.5, 0.6) is 0 Å². The highest BCUT2D eigenvalue weighted by Crippen LogP contribution is 2.61. The summed E-state index contributed by atoms with van der Waals surface area (Å²) in [4.78, 5) is 17.6. The van der Waals surface area contributed by atoms with Gasteiger partial charge >= 0.3 is 0 Å². The quantitative estimate of drug-likeness (QED) is 0.312.